The molecule has 0 aromatic carbocycles. The van der Waals surface area contributed by atoms with E-state index in [2.05, 4.69) is 48.0 Å². The van der Waals surface area contributed by atoms with Crippen LogP contribution in [0.3, 0.4) is 0 Å². The molecule has 1 saturated heterocycles. The van der Waals surface area contributed by atoms with Crippen molar-refractivity contribution in [2.45, 2.75) is 19.4 Å². The van der Waals surface area contributed by atoms with Gasteiger partial charge in [-0.1, -0.05) is 6.92 Å². The van der Waals surface area contributed by atoms with E-state index in [1.807, 2.05) is 12.3 Å². The van der Waals surface area contributed by atoms with Crippen LogP contribution < -0.4 is 16.0 Å². The number of aromatic nitrogens is 3. The second kappa shape index (κ2) is 5.65. The lowest BCUT2D eigenvalue weighted by Gasteiger charge is -2.21. The monoisotopic (exact) mass is 374 g/mol. The number of anilines is 2. The lowest BCUT2D eigenvalue weighted by Crippen LogP contribution is -2.32. The third kappa shape index (κ3) is 2.44. The molecule has 0 saturated carbocycles. The summed E-state index contributed by atoms with van der Waals surface area (Å²) in [5.41, 5.74) is 8.92. The molecule has 0 bridgehead atoms. The largest absolute Gasteiger partial charge is 0.384 e. The summed E-state index contributed by atoms with van der Waals surface area (Å²) >= 11 is 3.69. The number of halogens is 1. The van der Waals surface area contributed by atoms with Gasteiger partial charge in [-0.2, -0.15) is 0 Å². The van der Waals surface area contributed by atoms with Crippen molar-refractivity contribution in [2.75, 3.05) is 30.3 Å². The molecule has 120 valence electrons. The van der Waals surface area contributed by atoms with E-state index in [1.54, 1.807) is 6.20 Å². The molecular weight excluding hydrogens is 356 g/mol. The molecule has 1 aliphatic rings. The maximum atomic E-state index is 5.90. The fraction of sp³-hybridized carbons (Fsp3) is 0.375. The smallest absolute Gasteiger partial charge is 0.140 e. The number of aromatic amines is 1. The molecule has 1 fully saturated rings. The second-order valence-corrected chi connectivity index (χ2v) is 6.80. The highest BCUT2D eigenvalue weighted by Crippen LogP contribution is 2.39. The Morgan fingerprint density at radius 1 is 1.43 bits per heavy atom. The fourth-order valence-electron chi connectivity index (χ4n) is 3.46. The first kappa shape index (κ1) is 14.7. The zero-order valence-corrected chi connectivity index (χ0v) is 14.5. The Morgan fingerprint density at radius 2 is 2.30 bits per heavy atom. The highest BCUT2D eigenvalue weighted by atomic mass is 79.9. The Morgan fingerprint density at radius 3 is 3.13 bits per heavy atom. The van der Waals surface area contributed by atoms with Gasteiger partial charge in [-0.05, 0) is 35.0 Å². The molecule has 23 heavy (non-hydrogen) atoms. The van der Waals surface area contributed by atoms with Gasteiger partial charge in [0.2, 0.25) is 0 Å². The highest BCUT2D eigenvalue weighted by Gasteiger charge is 2.26. The van der Waals surface area contributed by atoms with Crippen molar-refractivity contribution in [3.8, 4) is 0 Å². The molecule has 0 unspecified atom stereocenters. The van der Waals surface area contributed by atoms with Crippen LogP contribution in [0.25, 0.3) is 21.9 Å². The van der Waals surface area contributed by atoms with Gasteiger partial charge >= 0.3 is 0 Å². The van der Waals surface area contributed by atoms with Crippen LogP contribution in [-0.2, 0) is 0 Å². The first-order chi connectivity index (χ1) is 11.2. The van der Waals surface area contributed by atoms with Crippen molar-refractivity contribution in [3.63, 3.8) is 0 Å². The first-order valence-electron chi connectivity index (χ1n) is 7.87. The Balaban J connectivity index is 1.89. The van der Waals surface area contributed by atoms with E-state index in [9.17, 15) is 0 Å². The van der Waals surface area contributed by atoms with E-state index < -0.39 is 0 Å². The summed E-state index contributed by atoms with van der Waals surface area (Å²) in [5, 5.41) is 5.73. The van der Waals surface area contributed by atoms with Crippen LogP contribution in [0.5, 0.6) is 0 Å². The van der Waals surface area contributed by atoms with Crippen LogP contribution in [0.1, 0.15) is 13.3 Å². The van der Waals surface area contributed by atoms with Crippen molar-refractivity contribution in [1.29, 1.82) is 0 Å². The van der Waals surface area contributed by atoms with Crippen LogP contribution in [0.4, 0.5) is 11.5 Å². The molecule has 3 aromatic rings. The number of hydrogen-bond acceptors (Lipinski definition) is 5. The van der Waals surface area contributed by atoms with Gasteiger partial charge < -0.3 is 20.9 Å². The quantitative estimate of drug-likeness (QED) is 0.656. The minimum atomic E-state index is 0.524. The van der Waals surface area contributed by atoms with Crippen molar-refractivity contribution >= 4 is 49.4 Å². The molecule has 0 amide bonds. The average molecular weight is 375 g/mol. The maximum Gasteiger partial charge on any atom is 0.140 e. The third-order valence-electron chi connectivity index (χ3n) is 4.45. The Hall–Kier alpha value is -1.86. The molecular formula is C16H19BrN6. The number of nitrogens with one attached hydrogen (secondary N) is 2. The third-order valence-corrected chi connectivity index (χ3v) is 5.03. The molecule has 0 spiro atoms. The zero-order valence-electron chi connectivity index (χ0n) is 12.9. The number of pyridine rings is 2. The van der Waals surface area contributed by atoms with E-state index >= 15 is 0 Å². The van der Waals surface area contributed by atoms with E-state index in [1.165, 1.54) is 5.69 Å². The van der Waals surface area contributed by atoms with Crippen LogP contribution >= 0.6 is 15.9 Å². The Kier molecular flexibility index (Phi) is 3.61. The molecule has 4 heterocycles. The molecule has 0 aliphatic carbocycles. The van der Waals surface area contributed by atoms with Crippen LogP contribution in [0, 0.1) is 0 Å². The standard InChI is InChI=1S/C16H19BrN6/c1-2-19-9-3-4-23(8-9)15-11(17)6-21-16-14(15)10-5-13(18)20-7-12(10)22-16/h5-7,9,19H,2-4,8H2,1H3,(H2,18,20)(H,21,22)/t9-/m0/s1. The number of H-pyrrole nitrogens is 1. The molecule has 7 heteroatoms. The first-order valence-corrected chi connectivity index (χ1v) is 8.66. The van der Waals surface area contributed by atoms with Gasteiger partial charge in [-0.25, -0.2) is 9.97 Å². The summed E-state index contributed by atoms with van der Waals surface area (Å²) in [5.74, 6) is 0.524. The molecule has 1 atom stereocenters. The molecule has 6 nitrogen and oxygen atoms in total. The van der Waals surface area contributed by atoms with Crippen molar-refractivity contribution in [2.24, 2.45) is 0 Å². The molecule has 4 N–H and O–H groups in total. The molecule has 3 aromatic heterocycles. The number of likely N-dealkylation sites (N-methyl/N-ethyl adjacent to an activating group) is 1. The normalized spacial score (nSPS) is 18.3. The number of hydrogen-bond donors (Lipinski definition) is 3. The van der Waals surface area contributed by atoms with Gasteiger partial charge in [-0.15, -0.1) is 0 Å². The van der Waals surface area contributed by atoms with Crippen LogP contribution in [-0.4, -0.2) is 40.6 Å². The van der Waals surface area contributed by atoms with E-state index in [0.717, 1.165) is 52.5 Å². The summed E-state index contributed by atoms with van der Waals surface area (Å²) in [6, 6.07) is 2.45. The van der Waals surface area contributed by atoms with E-state index in [-0.39, 0.29) is 0 Å². The van der Waals surface area contributed by atoms with Gasteiger partial charge in [-0.3, -0.25) is 0 Å². The van der Waals surface area contributed by atoms with Gasteiger partial charge in [0.1, 0.15) is 11.5 Å². The molecule has 4 rings (SSSR count). The van der Waals surface area contributed by atoms with Gasteiger partial charge in [0.25, 0.3) is 0 Å². The number of rotatable bonds is 3. The Bertz CT molecular complexity index is 874. The summed E-state index contributed by atoms with van der Waals surface area (Å²) in [6.07, 6.45) is 4.79. The van der Waals surface area contributed by atoms with E-state index in [4.69, 9.17) is 5.73 Å². The topological polar surface area (TPSA) is 82.9 Å². The van der Waals surface area contributed by atoms with Gasteiger partial charge in [0.15, 0.2) is 0 Å². The summed E-state index contributed by atoms with van der Waals surface area (Å²) in [7, 11) is 0. The van der Waals surface area contributed by atoms with Gasteiger partial charge in [0, 0.05) is 30.7 Å². The number of nitrogens with zero attached hydrogens (tertiary/aromatic N) is 3. The zero-order chi connectivity index (χ0) is 16.0. The lowest BCUT2D eigenvalue weighted by atomic mass is 10.2. The predicted molar refractivity (Wildman–Crippen MR) is 97.8 cm³/mol. The van der Waals surface area contributed by atoms with Crippen LogP contribution in [0.2, 0.25) is 0 Å². The van der Waals surface area contributed by atoms with Gasteiger partial charge in [0.05, 0.1) is 27.3 Å². The summed E-state index contributed by atoms with van der Waals surface area (Å²) in [6.45, 7) is 5.18. The fourth-order valence-corrected chi connectivity index (χ4v) is 4.01. The second-order valence-electron chi connectivity index (χ2n) is 5.95. The van der Waals surface area contributed by atoms with Crippen molar-refractivity contribution in [3.05, 3.63) is 22.9 Å². The average Bonchev–Trinajstić information content (AvgIpc) is 3.12. The van der Waals surface area contributed by atoms with Crippen molar-refractivity contribution < 1.29 is 0 Å². The number of nitrogens with two attached hydrogens (primary N) is 1. The predicted octanol–water partition coefficient (Wildman–Crippen LogP) is 2.64. The summed E-state index contributed by atoms with van der Waals surface area (Å²) < 4.78 is 1.01. The molecule has 0 radical (unpaired) electrons. The minimum Gasteiger partial charge on any atom is -0.384 e. The Labute approximate surface area is 142 Å². The lowest BCUT2D eigenvalue weighted by molar-refractivity contribution is 0.572. The van der Waals surface area contributed by atoms with Crippen molar-refractivity contribution in [1.82, 2.24) is 20.3 Å². The van der Waals surface area contributed by atoms with E-state index in [0.29, 0.717) is 11.9 Å². The number of nitrogen functional groups attached to an aromatic ring is 1. The van der Waals surface area contributed by atoms with Crippen LogP contribution in [0.15, 0.2) is 22.9 Å². The highest BCUT2D eigenvalue weighted by molar-refractivity contribution is 9.10. The number of fused-ring (bicyclic) bond motifs is 3. The minimum absolute atomic E-state index is 0.524. The SMILES string of the molecule is CCN[C@H]1CCN(c2c(Br)cnc3[nH]c4cnc(N)cc4c23)C1. The maximum absolute atomic E-state index is 5.90. The molecule has 1 aliphatic heterocycles. The summed E-state index contributed by atoms with van der Waals surface area (Å²) in [4.78, 5) is 14.5.